The molecule has 1 aromatic heterocycles. The summed E-state index contributed by atoms with van der Waals surface area (Å²) in [5, 5.41) is 1.71. The molecule has 0 bridgehead atoms. The molecule has 118 valence electrons. The summed E-state index contributed by atoms with van der Waals surface area (Å²) in [6, 6.07) is 2.34. The number of ether oxygens (including phenoxy) is 2. The second-order valence-corrected chi connectivity index (χ2v) is 8.23. The van der Waals surface area contributed by atoms with Crippen molar-refractivity contribution in [2.75, 3.05) is 33.4 Å². The summed E-state index contributed by atoms with van der Waals surface area (Å²) >= 11 is 1.16. The van der Waals surface area contributed by atoms with Gasteiger partial charge in [0.1, 0.15) is 5.75 Å². The molecular weight excluding hydrogens is 312 g/mol. The third-order valence-electron chi connectivity index (χ3n) is 3.79. The first-order chi connectivity index (χ1) is 10.1. The van der Waals surface area contributed by atoms with Crippen LogP contribution in [0.5, 0.6) is 5.75 Å². The quantitative estimate of drug-likeness (QED) is 0.838. The maximum atomic E-state index is 12.3. The molecule has 2 aliphatic rings. The molecular formula is C13H20N2O4S2. The number of hydrogen-bond donors (Lipinski definition) is 1. The zero-order valence-corrected chi connectivity index (χ0v) is 13.6. The SMILES string of the molecule is COc1ccsc1S(=O)(=O)NC[C@@H]1CN(C2CC2)CCO1. The number of nitrogens with zero attached hydrogens (tertiary/aromatic N) is 1. The Morgan fingerprint density at radius 2 is 2.33 bits per heavy atom. The van der Waals surface area contributed by atoms with E-state index in [0.717, 1.165) is 24.4 Å². The normalized spacial score (nSPS) is 24.1. The fourth-order valence-electron chi connectivity index (χ4n) is 2.54. The van der Waals surface area contributed by atoms with Crippen molar-refractivity contribution < 1.29 is 17.9 Å². The number of nitrogens with one attached hydrogen (secondary N) is 1. The summed E-state index contributed by atoms with van der Waals surface area (Å²) in [4.78, 5) is 2.40. The molecule has 1 N–H and O–H groups in total. The predicted octanol–water partition coefficient (Wildman–Crippen LogP) is 0.898. The van der Waals surface area contributed by atoms with Crippen LogP contribution >= 0.6 is 11.3 Å². The highest BCUT2D eigenvalue weighted by molar-refractivity contribution is 7.91. The zero-order valence-electron chi connectivity index (χ0n) is 11.9. The van der Waals surface area contributed by atoms with Crippen molar-refractivity contribution in [3.05, 3.63) is 11.4 Å². The van der Waals surface area contributed by atoms with E-state index < -0.39 is 10.0 Å². The van der Waals surface area contributed by atoms with Crippen LogP contribution in [0.4, 0.5) is 0 Å². The van der Waals surface area contributed by atoms with Crippen LogP contribution in [0.25, 0.3) is 0 Å². The minimum atomic E-state index is -3.54. The van der Waals surface area contributed by atoms with E-state index in [1.54, 1.807) is 11.4 Å². The lowest BCUT2D eigenvalue weighted by Crippen LogP contribution is -2.48. The fraction of sp³-hybridized carbons (Fsp3) is 0.692. The van der Waals surface area contributed by atoms with Crippen LogP contribution < -0.4 is 9.46 Å². The molecule has 1 saturated heterocycles. The topological polar surface area (TPSA) is 67.9 Å². The van der Waals surface area contributed by atoms with Gasteiger partial charge < -0.3 is 9.47 Å². The zero-order chi connectivity index (χ0) is 14.9. The van der Waals surface area contributed by atoms with E-state index in [1.165, 1.54) is 20.0 Å². The van der Waals surface area contributed by atoms with Gasteiger partial charge in [-0.1, -0.05) is 0 Å². The van der Waals surface area contributed by atoms with Crippen LogP contribution in [0.1, 0.15) is 12.8 Å². The van der Waals surface area contributed by atoms with E-state index in [-0.39, 0.29) is 10.3 Å². The molecule has 1 aromatic rings. The number of hydrogen-bond acceptors (Lipinski definition) is 6. The predicted molar refractivity (Wildman–Crippen MR) is 80.4 cm³/mol. The van der Waals surface area contributed by atoms with Crippen molar-refractivity contribution in [3.63, 3.8) is 0 Å². The van der Waals surface area contributed by atoms with Crippen molar-refractivity contribution in [2.45, 2.75) is 29.2 Å². The van der Waals surface area contributed by atoms with Crippen LogP contribution in [0.15, 0.2) is 15.7 Å². The summed E-state index contributed by atoms with van der Waals surface area (Å²) in [6.07, 6.45) is 2.43. The van der Waals surface area contributed by atoms with Crippen molar-refractivity contribution in [2.24, 2.45) is 0 Å². The number of morpholine rings is 1. The van der Waals surface area contributed by atoms with Gasteiger partial charge >= 0.3 is 0 Å². The third-order valence-corrected chi connectivity index (χ3v) is 6.66. The van der Waals surface area contributed by atoms with Crippen LogP contribution in [-0.4, -0.2) is 58.8 Å². The number of thiophene rings is 1. The molecule has 2 heterocycles. The average Bonchev–Trinajstić information content (AvgIpc) is 3.22. The molecule has 2 fully saturated rings. The molecule has 1 saturated carbocycles. The molecule has 3 rings (SSSR count). The van der Waals surface area contributed by atoms with Gasteiger partial charge in [-0.3, -0.25) is 4.90 Å². The second-order valence-electron chi connectivity index (χ2n) is 5.35. The van der Waals surface area contributed by atoms with E-state index in [9.17, 15) is 8.42 Å². The van der Waals surface area contributed by atoms with Crippen LogP contribution in [0, 0.1) is 0 Å². The maximum Gasteiger partial charge on any atom is 0.253 e. The summed E-state index contributed by atoms with van der Waals surface area (Å²) in [6.45, 7) is 2.72. The largest absolute Gasteiger partial charge is 0.494 e. The van der Waals surface area contributed by atoms with E-state index in [2.05, 4.69) is 9.62 Å². The average molecular weight is 332 g/mol. The highest BCUT2D eigenvalue weighted by Gasteiger charge is 2.33. The van der Waals surface area contributed by atoms with Gasteiger partial charge in [0.15, 0.2) is 4.21 Å². The van der Waals surface area contributed by atoms with E-state index in [0.29, 0.717) is 24.9 Å². The highest BCUT2D eigenvalue weighted by atomic mass is 32.2. The lowest BCUT2D eigenvalue weighted by atomic mass is 10.2. The third kappa shape index (κ3) is 3.57. The van der Waals surface area contributed by atoms with Gasteiger partial charge in [0, 0.05) is 25.7 Å². The first kappa shape index (κ1) is 15.2. The fourth-order valence-corrected chi connectivity index (χ4v) is 4.92. The molecule has 8 heteroatoms. The Morgan fingerprint density at radius 3 is 3.05 bits per heavy atom. The molecule has 1 aliphatic heterocycles. The number of rotatable bonds is 6. The minimum absolute atomic E-state index is 0.0833. The number of methoxy groups -OCH3 is 1. The van der Waals surface area contributed by atoms with Gasteiger partial charge in [-0.25, -0.2) is 13.1 Å². The Kier molecular flexibility index (Phi) is 4.51. The van der Waals surface area contributed by atoms with Crippen LogP contribution in [0.3, 0.4) is 0 Å². The Bertz CT molecular complexity index is 583. The summed E-state index contributed by atoms with van der Waals surface area (Å²) in [5.74, 6) is 0.386. The smallest absolute Gasteiger partial charge is 0.253 e. The Hall–Kier alpha value is -0.670. The lowest BCUT2D eigenvalue weighted by molar-refractivity contribution is -0.0277. The summed E-state index contributed by atoms with van der Waals surface area (Å²) in [7, 11) is -2.07. The Balaban J connectivity index is 1.58. The summed E-state index contributed by atoms with van der Waals surface area (Å²) < 4.78 is 38.2. The lowest BCUT2D eigenvalue weighted by Gasteiger charge is -2.32. The van der Waals surface area contributed by atoms with Crippen molar-refractivity contribution in [1.29, 1.82) is 0 Å². The van der Waals surface area contributed by atoms with Crippen molar-refractivity contribution in [3.8, 4) is 5.75 Å². The summed E-state index contributed by atoms with van der Waals surface area (Å²) in [5.41, 5.74) is 0. The molecule has 1 atom stereocenters. The monoisotopic (exact) mass is 332 g/mol. The van der Waals surface area contributed by atoms with Crippen LogP contribution in [-0.2, 0) is 14.8 Å². The first-order valence-electron chi connectivity index (χ1n) is 7.07. The maximum absolute atomic E-state index is 12.3. The molecule has 0 aromatic carbocycles. The van der Waals surface area contributed by atoms with Gasteiger partial charge in [0.2, 0.25) is 0 Å². The van der Waals surface area contributed by atoms with Gasteiger partial charge in [0.05, 0.1) is 19.8 Å². The van der Waals surface area contributed by atoms with Gasteiger partial charge in [-0.15, -0.1) is 11.3 Å². The molecule has 1 aliphatic carbocycles. The van der Waals surface area contributed by atoms with E-state index >= 15 is 0 Å². The molecule has 0 unspecified atom stereocenters. The van der Waals surface area contributed by atoms with E-state index in [1.807, 2.05) is 0 Å². The van der Waals surface area contributed by atoms with Gasteiger partial charge in [0.25, 0.3) is 10.0 Å². The minimum Gasteiger partial charge on any atom is -0.494 e. The van der Waals surface area contributed by atoms with E-state index in [4.69, 9.17) is 9.47 Å². The molecule has 6 nitrogen and oxygen atoms in total. The van der Waals surface area contributed by atoms with Crippen LogP contribution in [0.2, 0.25) is 0 Å². The molecule has 21 heavy (non-hydrogen) atoms. The Labute approximate surface area is 129 Å². The Morgan fingerprint density at radius 1 is 1.52 bits per heavy atom. The molecule has 0 amide bonds. The first-order valence-corrected chi connectivity index (χ1v) is 9.43. The van der Waals surface area contributed by atoms with Gasteiger partial charge in [-0.05, 0) is 24.3 Å². The van der Waals surface area contributed by atoms with Crippen molar-refractivity contribution in [1.82, 2.24) is 9.62 Å². The molecule has 0 spiro atoms. The molecule has 0 radical (unpaired) electrons. The number of sulfonamides is 1. The standard InChI is InChI=1S/C13H20N2O4S2/c1-18-12-4-7-20-13(12)21(16,17)14-8-11-9-15(5-6-19-11)10-2-3-10/h4,7,10-11,14H,2-3,5-6,8-9H2,1H3/t11-/m1/s1. The van der Waals surface area contributed by atoms with Gasteiger partial charge in [-0.2, -0.15) is 0 Å². The second kappa shape index (κ2) is 6.21. The van der Waals surface area contributed by atoms with Crippen molar-refractivity contribution >= 4 is 21.4 Å². The highest BCUT2D eigenvalue weighted by Crippen LogP contribution is 2.30.